The van der Waals surface area contributed by atoms with Gasteiger partial charge in [-0.3, -0.25) is 4.90 Å². The molecule has 0 aliphatic rings. The maximum Gasteiger partial charge on any atom is 0.0586 e. The molecule has 0 spiro atoms. The third-order valence-electron chi connectivity index (χ3n) is 2.01. The molecule has 62 valence electrons. The van der Waals surface area contributed by atoms with Crippen LogP contribution in [-0.2, 0) is 0 Å². The van der Waals surface area contributed by atoms with Crippen molar-refractivity contribution in [2.45, 2.75) is 33.2 Å². The molecule has 0 aliphatic carbocycles. The van der Waals surface area contributed by atoms with Gasteiger partial charge in [0.15, 0.2) is 0 Å². The van der Waals surface area contributed by atoms with Crippen molar-refractivity contribution in [3.63, 3.8) is 0 Å². The van der Waals surface area contributed by atoms with E-state index >= 15 is 0 Å². The lowest BCUT2D eigenvalue weighted by Gasteiger charge is -2.26. The highest BCUT2D eigenvalue weighted by atomic mass is 16.3. The Labute approximate surface area is 63.8 Å². The number of hydrogen-bond acceptors (Lipinski definition) is 2. The van der Waals surface area contributed by atoms with E-state index in [0.717, 1.165) is 19.5 Å². The van der Waals surface area contributed by atoms with Crippen LogP contribution < -0.4 is 0 Å². The average Bonchev–Trinajstić information content (AvgIpc) is 2.00. The summed E-state index contributed by atoms with van der Waals surface area (Å²) in [4.78, 5) is 2.28. The highest BCUT2D eigenvalue weighted by molar-refractivity contribution is 4.65. The lowest BCUT2D eigenvalue weighted by Crippen LogP contribution is -2.37. The maximum atomic E-state index is 8.92. The normalized spacial score (nSPS) is 14.1. The van der Waals surface area contributed by atoms with Crippen molar-refractivity contribution in [1.82, 2.24) is 4.90 Å². The van der Waals surface area contributed by atoms with E-state index in [1.807, 2.05) is 0 Å². The number of likely N-dealkylation sites (N-methyl/N-ethyl adjacent to an activating group) is 1. The zero-order chi connectivity index (χ0) is 7.98. The predicted octanol–water partition coefficient (Wildman–Crippen LogP) is 1.10. The second kappa shape index (κ2) is 5.69. The Morgan fingerprint density at radius 3 is 1.80 bits per heavy atom. The number of hydrogen-bond donors (Lipinski definition) is 1. The van der Waals surface area contributed by atoms with E-state index < -0.39 is 0 Å². The number of nitrogens with zero attached hydrogens (tertiary/aromatic N) is 1. The largest absolute Gasteiger partial charge is 0.395 e. The predicted molar refractivity (Wildman–Crippen MR) is 44.1 cm³/mol. The summed E-state index contributed by atoms with van der Waals surface area (Å²) in [5, 5.41) is 8.92. The minimum absolute atomic E-state index is 0.290. The topological polar surface area (TPSA) is 23.5 Å². The Hall–Kier alpha value is -0.0800. The summed E-state index contributed by atoms with van der Waals surface area (Å²) in [6.45, 7) is 8.73. The van der Waals surface area contributed by atoms with Crippen LogP contribution in [0.1, 0.15) is 27.2 Å². The molecule has 0 aromatic rings. The van der Waals surface area contributed by atoms with Gasteiger partial charge in [0.2, 0.25) is 0 Å². The van der Waals surface area contributed by atoms with Gasteiger partial charge in [-0.25, -0.2) is 0 Å². The van der Waals surface area contributed by atoms with Crippen molar-refractivity contribution in [2.24, 2.45) is 0 Å². The molecule has 1 N–H and O–H groups in total. The molecule has 1 atom stereocenters. The highest BCUT2D eigenvalue weighted by Crippen LogP contribution is 2.01. The summed E-state index contributed by atoms with van der Waals surface area (Å²) >= 11 is 0. The lowest BCUT2D eigenvalue weighted by atomic mass is 10.2. The van der Waals surface area contributed by atoms with Crippen molar-refractivity contribution in [2.75, 3.05) is 19.7 Å². The van der Waals surface area contributed by atoms with E-state index in [-0.39, 0.29) is 6.61 Å². The first-order valence-electron chi connectivity index (χ1n) is 4.14. The maximum absolute atomic E-state index is 8.92. The fourth-order valence-corrected chi connectivity index (χ4v) is 1.24. The molecule has 0 bridgehead atoms. The molecule has 0 aromatic heterocycles. The third-order valence-corrected chi connectivity index (χ3v) is 2.01. The molecule has 0 aliphatic heterocycles. The molecular weight excluding hydrogens is 126 g/mol. The molecule has 0 saturated carbocycles. The summed E-state index contributed by atoms with van der Waals surface area (Å²) in [5.41, 5.74) is 0. The second-order valence-electron chi connectivity index (χ2n) is 2.47. The van der Waals surface area contributed by atoms with Gasteiger partial charge in [-0.15, -0.1) is 0 Å². The summed E-state index contributed by atoms with van der Waals surface area (Å²) < 4.78 is 0. The molecule has 2 nitrogen and oxygen atoms in total. The van der Waals surface area contributed by atoms with Gasteiger partial charge in [0.1, 0.15) is 0 Å². The highest BCUT2D eigenvalue weighted by Gasteiger charge is 2.10. The van der Waals surface area contributed by atoms with E-state index in [0.29, 0.717) is 6.04 Å². The number of aliphatic hydroxyl groups is 1. The Morgan fingerprint density at radius 1 is 1.20 bits per heavy atom. The summed E-state index contributed by atoms with van der Waals surface area (Å²) in [6.07, 6.45) is 1.04. The minimum Gasteiger partial charge on any atom is -0.395 e. The zero-order valence-electron chi connectivity index (χ0n) is 7.30. The van der Waals surface area contributed by atoms with Gasteiger partial charge in [-0.05, 0) is 19.5 Å². The van der Waals surface area contributed by atoms with Crippen molar-refractivity contribution in [3.8, 4) is 0 Å². The quantitative estimate of drug-likeness (QED) is 0.626. The van der Waals surface area contributed by atoms with Crippen molar-refractivity contribution < 1.29 is 5.11 Å². The molecule has 0 amide bonds. The molecule has 0 rings (SSSR count). The monoisotopic (exact) mass is 145 g/mol. The smallest absolute Gasteiger partial charge is 0.0586 e. The van der Waals surface area contributed by atoms with Crippen LogP contribution in [0.25, 0.3) is 0 Å². The number of rotatable bonds is 5. The van der Waals surface area contributed by atoms with Crippen LogP contribution in [0.3, 0.4) is 0 Å². The van der Waals surface area contributed by atoms with E-state index in [1.54, 1.807) is 0 Å². The molecule has 0 unspecified atom stereocenters. The summed E-state index contributed by atoms with van der Waals surface area (Å²) in [5.74, 6) is 0. The van der Waals surface area contributed by atoms with Gasteiger partial charge in [-0.2, -0.15) is 0 Å². The summed E-state index contributed by atoms with van der Waals surface area (Å²) in [7, 11) is 0. The van der Waals surface area contributed by atoms with Gasteiger partial charge in [0, 0.05) is 6.04 Å². The fraction of sp³-hybridized carbons (Fsp3) is 1.00. The van der Waals surface area contributed by atoms with Crippen molar-refractivity contribution in [1.29, 1.82) is 0 Å². The van der Waals surface area contributed by atoms with Crippen LogP contribution >= 0.6 is 0 Å². The molecule has 10 heavy (non-hydrogen) atoms. The average molecular weight is 145 g/mol. The molecule has 0 heterocycles. The number of aliphatic hydroxyl groups excluding tert-OH is 1. The molecule has 0 aromatic carbocycles. The van der Waals surface area contributed by atoms with E-state index in [4.69, 9.17) is 5.11 Å². The molecular formula is C8H19NO. The van der Waals surface area contributed by atoms with E-state index in [2.05, 4.69) is 25.7 Å². The van der Waals surface area contributed by atoms with Crippen LogP contribution in [0.4, 0.5) is 0 Å². The lowest BCUT2D eigenvalue weighted by molar-refractivity contribution is 0.130. The molecule has 0 fully saturated rings. The van der Waals surface area contributed by atoms with Crippen molar-refractivity contribution >= 4 is 0 Å². The third kappa shape index (κ3) is 2.67. The van der Waals surface area contributed by atoms with Gasteiger partial charge in [0.05, 0.1) is 6.61 Å². The van der Waals surface area contributed by atoms with Crippen LogP contribution in [0.2, 0.25) is 0 Å². The van der Waals surface area contributed by atoms with Crippen LogP contribution in [-0.4, -0.2) is 35.7 Å². The van der Waals surface area contributed by atoms with Gasteiger partial charge in [0.25, 0.3) is 0 Å². The first-order chi connectivity index (χ1) is 4.79. The Balaban J connectivity index is 3.70. The van der Waals surface area contributed by atoms with Crippen molar-refractivity contribution in [3.05, 3.63) is 0 Å². The summed E-state index contributed by atoms with van der Waals surface area (Å²) in [6, 6.07) is 0.370. The SMILES string of the molecule is CC[C@@H](CO)N(CC)CC. The molecule has 0 radical (unpaired) electrons. The second-order valence-corrected chi connectivity index (χ2v) is 2.47. The standard InChI is InChI=1S/C8H19NO/c1-4-8(7-10)9(5-2)6-3/h8,10H,4-7H2,1-3H3/t8-/m0/s1. The van der Waals surface area contributed by atoms with Gasteiger partial charge in [-0.1, -0.05) is 20.8 Å². The van der Waals surface area contributed by atoms with E-state index in [9.17, 15) is 0 Å². The van der Waals surface area contributed by atoms with Gasteiger partial charge < -0.3 is 5.11 Å². The first-order valence-corrected chi connectivity index (χ1v) is 4.14. The van der Waals surface area contributed by atoms with E-state index in [1.165, 1.54) is 0 Å². The Kier molecular flexibility index (Phi) is 5.64. The minimum atomic E-state index is 0.290. The van der Waals surface area contributed by atoms with Gasteiger partial charge >= 0.3 is 0 Å². The van der Waals surface area contributed by atoms with Crippen LogP contribution in [0, 0.1) is 0 Å². The zero-order valence-corrected chi connectivity index (χ0v) is 7.30. The fourth-order valence-electron chi connectivity index (χ4n) is 1.24. The van der Waals surface area contributed by atoms with Crippen LogP contribution in [0.15, 0.2) is 0 Å². The van der Waals surface area contributed by atoms with Crippen LogP contribution in [0.5, 0.6) is 0 Å². The Morgan fingerprint density at radius 2 is 1.70 bits per heavy atom. The molecule has 2 heteroatoms. The Bertz CT molecular complexity index is 57.7. The molecule has 0 saturated heterocycles. The first kappa shape index (κ1) is 9.92.